The molecule has 0 aliphatic rings. The van der Waals surface area contributed by atoms with E-state index in [4.69, 9.17) is 9.15 Å². The van der Waals surface area contributed by atoms with Gasteiger partial charge in [0.2, 0.25) is 10.0 Å². The van der Waals surface area contributed by atoms with Gasteiger partial charge in [-0.15, -0.1) is 11.3 Å². The Hall–Kier alpha value is -2.09. The smallest absolute Gasteiger partial charge is 0.240 e. The van der Waals surface area contributed by atoms with Crippen molar-refractivity contribution >= 4 is 21.4 Å². The molecular weight excluding hydrogens is 358 g/mol. The topological polar surface area (TPSA) is 68.5 Å². The van der Waals surface area contributed by atoms with Gasteiger partial charge < -0.3 is 9.15 Å². The second-order valence-corrected chi connectivity index (χ2v) is 8.28. The second kappa shape index (κ2) is 7.43. The van der Waals surface area contributed by atoms with Crippen LogP contribution >= 0.6 is 11.3 Å². The molecule has 0 aliphatic carbocycles. The SMILES string of the molecule is COc1ccc(S(=O)(=O)NC[C@@H](c2ccco2)c2cccs2)c(C)c1. The highest BCUT2D eigenvalue weighted by Gasteiger charge is 2.23. The van der Waals surface area contributed by atoms with Crippen molar-refractivity contribution in [3.05, 3.63) is 70.3 Å². The number of hydrogen-bond donors (Lipinski definition) is 1. The maximum absolute atomic E-state index is 12.7. The van der Waals surface area contributed by atoms with Gasteiger partial charge in [-0.05, 0) is 54.3 Å². The Labute approximate surface area is 151 Å². The van der Waals surface area contributed by atoms with Crippen molar-refractivity contribution in [1.82, 2.24) is 4.72 Å². The number of hydrogen-bond acceptors (Lipinski definition) is 5. The predicted molar refractivity (Wildman–Crippen MR) is 97.8 cm³/mol. The average molecular weight is 377 g/mol. The lowest BCUT2D eigenvalue weighted by molar-refractivity contribution is 0.414. The fraction of sp³-hybridized carbons (Fsp3) is 0.222. The van der Waals surface area contributed by atoms with E-state index in [1.54, 1.807) is 55.9 Å². The lowest BCUT2D eigenvalue weighted by Crippen LogP contribution is -2.29. The van der Waals surface area contributed by atoms with Crippen LogP contribution in [0.3, 0.4) is 0 Å². The van der Waals surface area contributed by atoms with Gasteiger partial charge >= 0.3 is 0 Å². The summed E-state index contributed by atoms with van der Waals surface area (Å²) in [5, 5.41) is 1.97. The summed E-state index contributed by atoms with van der Waals surface area (Å²) in [6.07, 6.45) is 1.60. The normalized spacial score (nSPS) is 12.9. The van der Waals surface area contributed by atoms with Crippen molar-refractivity contribution < 1.29 is 17.6 Å². The Kier molecular flexibility index (Phi) is 5.27. The summed E-state index contributed by atoms with van der Waals surface area (Å²) in [7, 11) is -2.08. The maximum Gasteiger partial charge on any atom is 0.240 e. The summed E-state index contributed by atoms with van der Waals surface area (Å²) in [6.45, 7) is 1.97. The zero-order chi connectivity index (χ0) is 17.9. The van der Waals surface area contributed by atoms with Crippen LogP contribution < -0.4 is 9.46 Å². The van der Waals surface area contributed by atoms with Gasteiger partial charge in [0.1, 0.15) is 11.5 Å². The molecule has 0 fully saturated rings. The van der Waals surface area contributed by atoms with E-state index >= 15 is 0 Å². The molecule has 3 aromatic rings. The van der Waals surface area contributed by atoms with E-state index < -0.39 is 10.0 Å². The molecule has 0 aliphatic heterocycles. The Balaban J connectivity index is 1.83. The number of sulfonamides is 1. The first-order chi connectivity index (χ1) is 12.0. The largest absolute Gasteiger partial charge is 0.497 e. The molecule has 25 heavy (non-hydrogen) atoms. The summed E-state index contributed by atoms with van der Waals surface area (Å²) in [4.78, 5) is 1.29. The van der Waals surface area contributed by atoms with Crippen LogP contribution in [0, 0.1) is 6.92 Å². The van der Waals surface area contributed by atoms with Crippen molar-refractivity contribution in [2.24, 2.45) is 0 Å². The van der Waals surface area contributed by atoms with Crippen LogP contribution in [0.15, 0.2) is 63.4 Å². The van der Waals surface area contributed by atoms with Crippen molar-refractivity contribution in [2.75, 3.05) is 13.7 Å². The highest BCUT2D eigenvalue weighted by molar-refractivity contribution is 7.89. The number of nitrogens with one attached hydrogen (secondary N) is 1. The molecule has 0 amide bonds. The zero-order valence-corrected chi connectivity index (χ0v) is 15.6. The third-order valence-electron chi connectivity index (χ3n) is 3.92. The van der Waals surface area contributed by atoms with Crippen molar-refractivity contribution in [3.8, 4) is 5.75 Å². The highest BCUT2D eigenvalue weighted by Crippen LogP contribution is 2.29. The van der Waals surface area contributed by atoms with Gasteiger partial charge in [0, 0.05) is 11.4 Å². The maximum atomic E-state index is 12.7. The molecule has 0 bridgehead atoms. The molecule has 2 aromatic heterocycles. The molecule has 3 rings (SSSR count). The van der Waals surface area contributed by atoms with Crippen LogP contribution in [0.5, 0.6) is 5.75 Å². The zero-order valence-electron chi connectivity index (χ0n) is 13.9. The second-order valence-electron chi connectivity index (χ2n) is 5.57. The van der Waals surface area contributed by atoms with Crippen LogP contribution in [0.1, 0.15) is 22.1 Å². The van der Waals surface area contributed by atoms with E-state index in [0.29, 0.717) is 11.3 Å². The molecule has 132 valence electrons. The first-order valence-corrected chi connectivity index (χ1v) is 10.1. The molecule has 0 unspecified atom stereocenters. The molecule has 0 radical (unpaired) electrons. The molecule has 0 saturated carbocycles. The summed E-state index contributed by atoms with van der Waals surface area (Å²) >= 11 is 1.57. The quantitative estimate of drug-likeness (QED) is 0.680. The Morgan fingerprint density at radius 2 is 2.08 bits per heavy atom. The molecule has 7 heteroatoms. The summed E-state index contributed by atoms with van der Waals surface area (Å²) in [5.74, 6) is 1.20. The number of benzene rings is 1. The third kappa shape index (κ3) is 3.95. The number of ether oxygens (including phenoxy) is 1. The van der Waals surface area contributed by atoms with Crippen LogP contribution in [0.2, 0.25) is 0 Å². The van der Waals surface area contributed by atoms with Crippen LogP contribution in [-0.4, -0.2) is 22.1 Å². The van der Waals surface area contributed by atoms with E-state index in [1.165, 1.54) is 0 Å². The molecule has 2 heterocycles. The minimum absolute atomic E-state index is 0.164. The minimum atomic E-state index is -3.64. The summed E-state index contributed by atoms with van der Waals surface area (Å²) < 4.78 is 38.8. The first-order valence-electron chi connectivity index (χ1n) is 7.72. The molecule has 0 saturated heterocycles. The van der Waals surface area contributed by atoms with Gasteiger partial charge in [-0.1, -0.05) is 6.07 Å². The van der Waals surface area contributed by atoms with E-state index in [-0.39, 0.29) is 17.4 Å². The molecule has 1 atom stereocenters. The Morgan fingerprint density at radius 3 is 2.68 bits per heavy atom. The molecule has 0 spiro atoms. The lowest BCUT2D eigenvalue weighted by Gasteiger charge is -2.15. The fourth-order valence-corrected chi connectivity index (χ4v) is 4.75. The first kappa shape index (κ1) is 17.7. The van der Waals surface area contributed by atoms with E-state index in [2.05, 4.69) is 4.72 Å². The fourth-order valence-electron chi connectivity index (χ4n) is 2.64. The third-order valence-corrected chi connectivity index (χ3v) is 6.49. The van der Waals surface area contributed by atoms with Gasteiger partial charge in [-0.25, -0.2) is 13.1 Å². The highest BCUT2D eigenvalue weighted by atomic mass is 32.2. The number of furan rings is 1. The van der Waals surface area contributed by atoms with Gasteiger partial charge in [-0.2, -0.15) is 0 Å². The Bertz CT molecular complexity index is 882. The monoisotopic (exact) mass is 377 g/mol. The van der Waals surface area contributed by atoms with Crippen LogP contribution in [0.25, 0.3) is 0 Å². The number of methoxy groups -OCH3 is 1. The molecule has 1 N–H and O–H groups in total. The average Bonchev–Trinajstić information content (AvgIpc) is 3.28. The van der Waals surface area contributed by atoms with Crippen molar-refractivity contribution in [1.29, 1.82) is 0 Å². The van der Waals surface area contributed by atoms with Gasteiger partial charge in [-0.3, -0.25) is 0 Å². The molecule has 5 nitrogen and oxygen atoms in total. The van der Waals surface area contributed by atoms with Gasteiger partial charge in [0.25, 0.3) is 0 Å². The summed E-state index contributed by atoms with van der Waals surface area (Å²) in [5.41, 5.74) is 0.637. The van der Waals surface area contributed by atoms with Crippen LogP contribution in [-0.2, 0) is 10.0 Å². The summed E-state index contributed by atoms with van der Waals surface area (Å²) in [6, 6.07) is 12.5. The predicted octanol–water partition coefficient (Wildman–Crippen LogP) is 3.77. The number of aryl methyl sites for hydroxylation is 1. The van der Waals surface area contributed by atoms with Crippen LogP contribution in [0.4, 0.5) is 0 Å². The molecular formula is C18H19NO4S2. The van der Waals surface area contributed by atoms with Gasteiger partial charge in [0.15, 0.2) is 0 Å². The minimum Gasteiger partial charge on any atom is -0.497 e. The molecule has 1 aromatic carbocycles. The van der Waals surface area contributed by atoms with E-state index in [1.807, 2.05) is 23.6 Å². The van der Waals surface area contributed by atoms with Gasteiger partial charge in [0.05, 0.1) is 24.2 Å². The Morgan fingerprint density at radius 1 is 1.24 bits per heavy atom. The standard InChI is InChI=1S/C18H19NO4S2/c1-13-11-14(22-2)7-8-18(13)25(20,21)19-12-15(16-5-3-9-23-16)17-6-4-10-24-17/h3-11,15,19H,12H2,1-2H3/t15-/m0/s1. The van der Waals surface area contributed by atoms with Crippen molar-refractivity contribution in [3.63, 3.8) is 0 Å². The van der Waals surface area contributed by atoms with Crippen molar-refractivity contribution in [2.45, 2.75) is 17.7 Å². The van der Waals surface area contributed by atoms with E-state index in [9.17, 15) is 8.42 Å². The number of thiophene rings is 1. The van der Waals surface area contributed by atoms with E-state index in [0.717, 1.165) is 10.6 Å². The lowest BCUT2D eigenvalue weighted by atomic mass is 10.1. The number of rotatable bonds is 7.